The Labute approximate surface area is 737 Å². The summed E-state index contributed by atoms with van der Waals surface area (Å²) in [6.45, 7) is 5.54. The minimum Gasteiger partial charge on any atom is -0.545 e. The first kappa shape index (κ1) is 85.0. The van der Waals surface area contributed by atoms with Gasteiger partial charge in [-0.2, -0.15) is 0 Å². The SMILES string of the molecule is CC(=O)N(C)c1c(I)c(C(=O)[O-])c(I)c(N(C)C(C)=O)c1I.CC(=O)N(C)c1c(I)c(C(=O)[O-])c(I)c(N(C)C(C)=O)c1I.c1ccc([S+](c2ccc(C3CC4CC3C3CCCC43)cc2)c2ccc(C3CC4CC3C3CCCC43)cc2)cc1.c1ccc([S+](c2ccccc2)c2ccc(C3CCCCCCC3)cc2)cc1. The minimum absolute atomic E-state index is 0.0205. The number of carboxylic acid groups (broad SMARTS) is 2. The summed E-state index contributed by atoms with van der Waals surface area (Å²) in [7, 11) is 6.16. The molecule has 10 unspecified atom stereocenters. The number of amides is 4. The van der Waals surface area contributed by atoms with E-state index in [0.29, 0.717) is 44.2 Å². The Bertz CT molecular complexity index is 4320. The van der Waals surface area contributed by atoms with Crippen LogP contribution in [0.15, 0.2) is 193 Å². The molecule has 4 bridgehead atoms. The molecule has 4 amide bonds. The molecule has 8 aromatic carbocycles. The Morgan fingerprint density at radius 3 is 0.855 bits per heavy atom. The average molecular weight is 2190 g/mol. The quantitative estimate of drug-likeness (QED) is 0.0724. The first-order valence-corrected chi connectivity index (χ1v) is 47.4. The fraction of sp³-hybridized carbons (Fsp3) is 0.400. The van der Waals surface area contributed by atoms with Gasteiger partial charge in [-0.25, -0.2) is 0 Å². The summed E-state index contributed by atoms with van der Waals surface area (Å²) in [5, 5.41) is 23.0. The van der Waals surface area contributed by atoms with E-state index in [2.05, 4.69) is 164 Å². The standard InChI is InChI=1S/C38H43S.C26H29S.2C13H13I3N2O4/c1-2-6-28(7-3-1)39(29-16-12-24(13-17-29)35-20-26-22-37(35)33-10-4-8-31(26)33)30-18-14-25(15-19-30)36-21-27-23-38(36)34-11-5-9-32(27)34;1-2-6-12-22(13-7-3-1)23-18-20-26(21-19-23)27(24-14-8-4-9-15-24)25-16-10-5-11-17-25;2*1-5(19)17(3)11-8(14)7(13(21)22)9(15)12(10(11)16)18(4)6(2)20/h1-3,6-7,12-19,26-27,31-38H,4-5,8-11,20-23H2;4-5,8-11,14-22H,1-3,6-7,12-13H2;2*1-4H3,(H,21,22)/q2*+1;;/p-2. The Kier molecular flexibility index (Phi) is 29.5. The van der Waals surface area contributed by atoms with Gasteiger partial charge >= 0.3 is 0 Å². The molecule has 0 heterocycles. The number of carbonyl (C=O) groups excluding carboxylic acids is 6. The number of benzene rings is 8. The molecule has 7 aliphatic rings. The maximum absolute atomic E-state index is 11.7. The second-order valence-electron chi connectivity index (χ2n) is 30.7. The van der Waals surface area contributed by atoms with Gasteiger partial charge in [-0.3, -0.25) is 19.2 Å². The third kappa shape index (κ3) is 18.4. The maximum atomic E-state index is 11.7. The lowest BCUT2D eigenvalue weighted by atomic mass is 9.73. The van der Waals surface area contributed by atoms with E-state index >= 15 is 0 Å². The van der Waals surface area contributed by atoms with Gasteiger partial charge in [0.05, 0.1) is 63.6 Å². The van der Waals surface area contributed by atoms with Crippen LogP contribution in [0.1, 0.15) is 192 Å². The number of carboxylic acids is 2. The predicted octanol–water partition coefficient (Wildman–Crippen LogP) is 21.1. The zero-order chi connectivity index (χ0) is 78.5. The van der Waals surface area contributed by atoms with E-state index in [0.717, 1.165) is 65.1 Å². The van der Waals surface area contributed by atoms with Crippen molar-refractivity contribution in [1.29, 1.82) is 0 Å². The third-order valence-electron chi connectivity index (χ3n) is 24.8. The van der Waals surface area contributed by atoms with Crippen LogP contribution in [0.5, 0.6) is 0 Å². The normalized spacial score (nSPS) is 22.3. The third-order valence-corrected chi connectivity index (χ3v) is 35.5. The van der Waals surface area contributed by atoms with Crippen LogP contribution >= 0.6 is 136 Å². The molecule has 0 aliphatic heterocycles. The number of rotatable bonds is 15. The predicted molar refractivity (Wildman–Crippen MR) is 492 cm³/mol. The molecule has 15 rings (SSSR count). The number of nitrogens with zero attached hydrogens (tertiary/aromatic N) is 4. The Balaban J connectivity index is 0.000000142. The fourth-order valence-electron chi connectivity index (χ4n) is 19.2. The van der Waals surface area contributed by atoms with E-state index in [-0.39, 0.29) is 56.5 Å². The molecule has 7 saturated carbocycles. The van der Waals surface area contributed by atoms with E-state index in [1.807, 2.05) is 136 Å². The fourth-order valence-corrected chi connectivity index (χ4v) is 33.5. The second-order valence-corrected chi connectivity index (χ2v) is 41.3. The molecule has 20 heteroatoms. The summed E-state index contributed by atoms with van der Waals surface area (Å²) < 4.78 is 2.89. The van der Waals surface area contributed by atoms with Gasteiger partial charge in [-0.1, -0.05) is 136 Å². The summed E-state index contributed by atoms with van der Waals surface area (Å²) in [6, 6.07) is 62.8. The van der Waals surface area contributed by atoms with Gasteiger partial charge < -0.3 is 39.4 Å². The Hall–Kier alpha value is -4.34. The van der Waals surface area contributed by atoms with Crippen LogP contribution < -0.4 is 29.8 Å². The summed E-state index contributed by atoms with van der Waals surface area (Å²) in [4.78, 5) is 83.9. The molecule has 10 atom stereocenters. The maximum Gasteiger partial charge on any atom is 0.223 e. The summed E-state index contributed by atoms with van der Waals surface area (Å²) >= 11 is 11.6. The average Bonchev–Trinajstić information content (AvgIpc) is 1.40. The number of hydrogen-bond acceptors (Lipinski definition) is 8. The van der Waals surface area contributed by atoms with E-state index < -0.39 is 11.9 Å². The van der Waals surface area contributed by atoms with Crippen molar-refractivity contribution in [3.8, 4) is 0 Å². The number of aromatic carboxylic acids is 2. The lowest BCUT2D eigenvalue weighted by molar-refractivity contribution is -0.256. The number of halogens is 6. The Morgan fingerprint density at radius 2 is 0.573 bits per heavy atom. The number of anilines is 4. The number of fused-ring (bicyclic) bond motifs is 10. The smallest absolute Gasteiger partial charge is 0.223 e. The van der Waals surface area contributed by atoms with Gasteiger partial charge in [0.25, 0.3) is 0 Å². The van der Waals surface area contributed by atoms with Crippen LogP contribution in [-0.2, 0) is 41.0 Å². The molecule has 7 aliphatic carbocycles. The second kappa shape index (κ2) is 38.2. The van der Waals surface area contributed by atoms with Crippen LogP contribution in [0, 0.1) is 68.8 Å². The molecule has 8 aromatic rings. The summed E-state index contributed by atoms with van der Waals surface area (Å²) in [5.41, 5.74) is 6.58. The van der Waals surface area contributed by atoms with E-state index in [4.69, 9.17) is 0 Å². The van der Waals surface area contributed by atoms with Crippen LogP contribution in [0.3, 0.4) is 0 Å². The largest absolute Gasteiger partial charge is 0.545 e. The van der Waals surface area contributed by atoms with Gasteiger partial charge in [0, 0.05) is 81.3 Å². The van der Waals surface area contributed by atoms with Gasteiger partial charge in [-0.15, -0.1) is 0 Å². The first-order valence-electron chi connectivity index (χ1n) is 38.5. The highest BCUT2D eigenvalue weighted by Crippen LogP contribution is 2.65. The van der Waals surface area contributed by atoms with E-state index in [1.54, 1.807) is 44.9 Å². The molecular weight excluding hydrogens is 2090 g/mol. The monoisotopic (exact) mass is 2190 g/mol. The lowest BCUT2D eigenvalue weighted by Gasteiger charge is -2.32. The zero-order valence-electron chi connectivity index (χ0n) is 63.6. The highest BCUT2D eigenvalue weighted by atomic mass is 127. The first-order chi connectivity index (χ1) is 52.8. The summed E-state index contributed by atoms with van der Waals surface area (Å²) in [5.74, 6) is 7.00. The highest BCUT2D eigenvalue weighted by Gasteiger charge is 2.55. The van der Waals surface area contributed by atoms with Gasteiger partial charge in [0.15, 0.2) is 29.4 Å². The minimum atomic E-state index is -1.35. The van der Waals surface area contributed by atoms with Gasteiger partial charge in [-0.05, 0) is 354 Å². The molecule has 0 saturated heterocycles. The molecule has 0 radical (unpaired) electrons. The van der Waals surface area contributed by atoms with Crippen molar-refractivity contribution < 1.29 is 39.0 Å². The highest BCUT2D eigenvalue weighted by molar-refractivity contribution is 14.1. The summed E-state index contributed by atoms with van der Waals surface area (Å²) in [6.07, 6.45) is 24.8. The molecule has 7 fully saturated rings. The molecule has 0 aromatic heterocycles. The van der Waals surface area contributed by atoms with Crippen molar-refractivity contribution >= 4 is 216 Å². The van der Waals surface area contributed by atoms with Crippen LogP contribution in [0.4, 0.5) is 22.7 Å². The number of hydrogen-bond donors (Lipinski definition) is 0. The van der Waals surface area contributed by atoms with Gasteiger partial charge in [0.2, 0.25) is 23.6 Å². The van der Waals surface area contributed by atoms with Crippen molar-refractivity contribution in [3.63, 3.8) is 0 Å². The zero-order valence-corrected chi connectivity index (χ0v) is 78.2. The molecule has 0 spiro atoms. The molecule has 578 valence electrons. The van der Waals surface area contributed by atoms with Crippen molar-refractivity contribution in [2.75, 3.05) is 47.8 Å². The van der Waals surface area contributed by atoms with E-state index in [1.165, 1.54) is 186 Å². The molecular formula is C90H96I6N4O8S2. The van der Waals surface area contributed by atoms with Crippen molar-refractivity contribution in [3.05, 3.63) is 213 Å². The van der Waals surface area contributed by atoms with Crippen LogP contribution in [0.2, 0.25) is 0 Å². The lowest BCUT2D eigenvalue weighted by Crippen LogP contribution is -2.32. The van der Waals surface area contributed by atoms with Crippen molar-refractivity contribution in [1.82, 2.24) is 0 Å². The van der Waals surface area contributed by atoms with Crippen molar-refractivity contribution in [2.45, 2.75) is 184 Å². The Morgan fingerprint density at radius 1 is 0.309 bits per heavy atom. The molecule has 0 N–H and O–H groups in total. The number of carbonyl (C=O) groups is 6. The molecule has 110 heavy (non-hydrogen) atoms. The van der Waals surface area contributed by atoms with E-state index in [9.17, 15) is 39.0 Å². The van der Waals surface area contributed by atoms with Crippen molar-refractivity contribution in [2.24, 2.45) is 47.3 Å². The molecule has 12 nitrogen and oxygen atoms in total. The van der Waals surface area contributed by atoms with Crippen LogP contribution in [-0.4, -0.2) is 63.8 Å². The topological polar surface area (TPSA) is 162 Å². The van der Waals surface area contributed by atoms with Gasteiger partial charge in [0.1, 0.15) is 0 Å². The van der Waals surface area contributed by atoms with Crippen LogP contribution in [0.25, 0.3) is 0 Å².